The normalized spacial score (nSPS) is 16.0. The fourth-order valence-corrected chi connectivity index (χ4v) is 4.31. The Labute approximate surface area is 168 Å². The molecule has 29 heavy (non-hydrogen) atoms. The van der Waals surface area contributed by atoms with Gasteiger partial charge in [-0.2, -0.15) is 0 Å². The number of hydrogen-bond donors (Lipinski definition) is 1. The van der Waals surface area contributed by atoms with Gasteiger partial charge < -0.3 is 14.8 Å². The molecule has 7 nitrogen and oxygen atoms in total. The summed E-state index contributed by atoms with van der Waals surface area (Å²) in [5.74, 6) is -0.207. The van der Waals surface area contributed by atoms with E-state index in [4.69, 9.17) is 9.47 Å². The van der Waals surface area contributed by atoms with Crippen molar-refractivity contribution >= 4 is 10.0 Å². The molecule has 1 aliphatic rings. The second-order valence-electron chi connectivity index (χ2n) is 6.66. The van der Waals surface area contributed by atoms with Gasteiger partial charge in [-0.1, -0.05) is 0 Å². The van der Waals surface area contributed by atoms with E-state index in [-0.39, 0.29) is 22.3 Å². The summed E-state index contributed by atoms with van der Waals surface area (Å²) in [6.45, 7) is 1.44. The predicted octanol–water partition coefficient (Wildman–Crippen LogP) is 2.42. The molecular weight excluding hydrogens is 397 g/mol. The van der Waals surface area contributed by atoms with Crippen LogP contribution in [0.25, 0.3) is 11.3 Å². The molecular formula is C20H20FN3O4S. The van der Waals surface area contributed by atoms with Gasteiger partial charge in [0.15, 0.2) is 0 Å². The van der Waals surface area contributed by atoms with Gasteiger partial charge in [-0.3, -0.25) is 4.98 Å². The summed E-state index contributed by atoms with van der Waals surface area (Å²) < 4.78 is 52.9. The van der Waals surface area contributed by atoms with Gasteiger partial charge in [0.05, 0.1) is 12.3 Å². The van der Waals surface area contributed by atoms with E-state index in [1.165, 1.54) is 36.8 Å². The number of aromatic nitrogens is 2. The lowest BCUT2D eigenvalue weighted by molar-refractivity contribution is 0.262. The molecule has 4 rings (SSSR count). The number of rotatable bonds is 8. The maximum atomic E-state index is 14.9. The van der Waals surface area contributed by atoms with E-state index in [0.29, 0.717) is 31.1 Å². The second kappa shape index (κ2) is 7.94. The Morgan fingerprint density at radius 2 is 2.17 bits per heavy atom. The molecule has 0 bridgehead atoms. The van der Waals surface area contributed by atoms with Crippen LogP contribution in [0.3, 0.4) is 0 Å². The van der Waals surface area contributed by atoms with Crippen LogP contribution in [0.1, 0.15) is 5.56 Å². The van der Waals surface area contributed by atoms with Crippen LogP contribution in [0.4, 0.5) is 4.39 Å². The van der Waals surface area contributed by atoms with Crippen molar-refractivity contribution in [2.45, 2.75) is 17.5 Å². The van der Waals surface area contributed by atoms with Gasteiger partial charge in [0.1, 0.15) is 29.2 Å². The van der Waals surface area contributed by atoms with Crippen LogP contribution >= 0.6 is 0 Å². The van der Waals surface area contributed by atoms with E-state index in [0.717, 1.165) is 3.97 Å². The molecule has 2 aromatic heterocycles. The number of ether oxygens (including phenoxy) is 2. The van der Waals surface area contributed by atoms with Crippen molar-refractivity contribution in [3.63, 3.8) is 0 Å². The van der Waals surface area contributed by atoms with Gasteiger partial charge in [0.25, 0.3) is 10.0 Å². The molecule has 1 N–H and O–H groups in total. The molecule has 1 fully saturated rings. The lowest BCUT2D eigenvalue weighted by Gasteiger charge is -2.12. The highest BCUT2D eigenvalue weighted by atomic mass is 32.2. The average molecular weight is 417 g/mol. The summed E-state index contributed by atoms with van der Waals surface area (Å²) in [5.41, 5.74) is 1.10. The molecule has 0 unspecified atom stereocenters. The lowest BCUT2D eigenvalue weighted by atomic mass is 10.1. The monoisotopic (exact) mass is 417 g/mol. The molecule has 0 saturated carbocycles. The Morgan fingerprint density at radius 1 is 1.34 bits per heavy atom. The van der Waals surface area contributed by atoms with Crippen molar-refractivity contribution in [2.24, 2.45) is 0 Å². The van der Waals surface area contributed by atoms with Crippen molar-refractivity contribution < 1.29 is 22.3 Å². The molecule has 3 heterocycles. The maximum absolute atomic E-state index is 14.9. The Bertz CT molecular complexity index is 1110. The van der Waals surface area contributed by atoms with Crippen LogP contribution < -0.4 is 10.1 Å². The third-order valence-corrected chi connectivity index (χ3v) is 6.13. The van der Waals surface area contributed by atoms with Crippen molar-refractivity contribution in [1.29, 1.82) is 0 Å². The number of epoxide rings is 1. The van der Waals surface area contributed by atoms with Gasteiger partial charge in [0, 0.05) is 36.8 Å². The highest BCUT2D eigenvalue weighted by Crippen LogP contribution is 2.31. The molecule has 1 aromatic carbocycles. The molecule has 0 spiro atoms. The van der Waals surface area contributed by atoms with Crippen LogP contribution in [0.15, 0.2) is 59.9 Å². The van der Waals surface area contributed by atoms with Crippen LogP contribution in [-0.4, -0.2) is 43.7 Å². The van der Waals surface area contributed by atoms with E-state index in [1.807, 2.05) is 0 Å². The Kier molecular flexibility index (Phi) is 5.35. The first-order chi connectivity index (χ1) is 14.0. The van der Waals surface area contributed by atoms with Gasteiger partial charge in [-0.15, -0.1) is 0 Å². The predicted molar refractivity (Wildman–Crippen MR) is 105 cm³/mol. The zero-order chi connectivity index (χ0) is 20.4. The van der Waals surface area contributed by atoms with E-state index in [1.54, 1.807) is 25.2 Å². The SMILES string of the molecule is CNCc1cc(-c2ccc(OC[C@H]3CO3)cc2F)n(S(=O)(=O)c2cccnc2)c1. The first kappa shape index (κ1) is 19.6. The fraction of sp³-hybridized carbons (Fsp3) is 0.250. The Hall–Kier alpha value is -2.75. The topological polar surface area (TPSA) is 85.8 Å². The highest BCUT2D eigenvalue weighted by Gasteiger charge is 2.25. The van der Waals surface area contributed by atoms with Crippen molar-refractivity contribution in [2.75, 3.05) is 20.3 Å². The number of benzene rings is 1. The molecule has 3 aromatic rings. The van der Waals surface area contributed by atoms with E-state index in [2.05, 4.69) is 10.3 Å². The minimum Gasteiger partial charge on any atom is -0.491 e. The molecule has 0 amide bonds. The number of nitrogens with one attached hydrogen (secondary N) is 1. The van der Waals surface area contributed by atoms with Crippen LogP contribution in [-0.2, 0) is 21.3 Å². The number of hydrogen-bond acceptors (Lipinski definition) is 6. The highest BCUT2D eigenvalue weighted by molar-refractivity contribution is 7.90. The summed E-state index contributed by atoms with van der Waals surface area (Å²) in [6, 6.07) is 9.04. The molecule has 1 saturated heterocycles. The first-order valence-electron chi connectivity index (χ1n) is 9.05. The minimum atomic E-state index is -3.94. The minimum absolute atomic E-state index is 0.0256. The van der Waals surface area contributed by atoms with Gasteiger partial charge >= 0.3 is 0 Å². The molecule has 1 aliphatic heterocycles. The van der Waals surface area contributed by atoms with Crippen LogP contribution in [0, 0.1) is 5.82 Å². The summed E-state index contributed by atoms with van der Waals surface area (Å²) in [6.07, 6.45) is 4.31. The molecule has 0 radical (unpaired) electrons. The summed E-state index contributed by atoms with van der Waals surface area (Å²) in [5, 5.41) is 2.98. The van der Waals surface area contributed by atoms with Gasteiger partial charge in [0.2, 0.25) is 0 Å². The lowest BCUT2D eigenvalue weighted by Crippen LogP contribution is -2.14. The summed E-state index contributed by atoms with van der Waals surface area (Å²) in [7, 11) is -2.19. The number of pyridine rings is 1. The number of halogens is 1. The van der Waals surface area contributed by atoms with Gasteiger partial charge in [-0.25, -0.2) is 16.8 Å². The first-order valence-corrected chi connectivity index (χ1v) is 10.5. The van der Waals surface area contributed by atoms with Crippen molar-refractivity contribution in [3.8, 4) is 17.0 Å². The molecule has 152 valence electrons. The van der Waals surface area contributed by atoms with Crippen LogP contribution in [0.2, 0.25) is 0 Å². The average Bonchev–Trinajstić information content (AvgIpc) is 3.45. The zero-order valence-electron chi connectivity index (χ0n) is 15.7. The standard InChI is InChI=1S/C20H20FN3O4S/c1-22-9-14-7-20(24(11-14)29(25,26)17-3-2-6-23-10-17)18-5-4-15(8-19(18)21)27-12-16-13-28-16/h2-8,10-11,16,22H,9,12-13H2,1H3/t16-/m0/s1. The Morgan fingerprint density at radius 3 is 2.83 bits per heavy atom. The Balaban J connectivity index is 1.75. The van der Waals surface area contributed by atoms with Crippen molar-refractivity contribution in [3.05, 3.63) is 66.4 Å². The summed E-state index contributed by atoms with van der Waals surface area (Å²) in [4.78, 5) is 3.91. The fourth-order valence-electron chi connectivity index (χ4n) is 2.95. The third kappa shape index (κ3) is 4.16. The number of nitrogens with zero attached hydrogens (tertiary/aromatic N) is 2. The van der Waals surface area contributed by atoms with E-state index in [9.17, 15) is 12.8 Å². The zero-order valence-corrected chi connectivity index (χ0v) is 16.5. The van der Waals surface area contributed by atoms with E-state index < -0.39 is 15.8 Å². The summed E-state index contributed by atoms with van der Waals surface area (Å²) >= 11 is 0. The van der Waals surface area contributed by atoms with Crippen molar-refractivity contribution in [1.82, 2.24) is 14.3 Å². The third-order valence-electron chi connectivity index (χ3n) is 4.47. The quantitative estimate of drug-likeness (QED) is 0.567. The molecule has 0 aliphatic carbocycles. The van der Waals surface area contributed by atoms with Crippen LogP contribution in [0.5, 0.6) is 5.75 Å². The maximum Gasteiger partial charge on any atom is 0.269 e. The molecule has 9 heteroatoms. The second-order valence-corrected chi connectivity index (χ2v) is 8.48. The van der Waals surface area contributed by atoms with Gasteiger partial charge in [-0.05, 0) is 42.9 Å². The smallest absolute Gasteiger partial charge is 0.269 e. The van der Waals surface area contributed by atoms with E-state index >= 15 is 0 Å². The largest absolute Gasteiger partial charge is 0.491 e. The molecule has 1 atom stereocenters.